The molecule has 11 aliphatic rings. The minimum Gasteiger partial charge on any atom is -0.497 e. The maximum atomic E-state index is 8.21. The molecule has 9 fully saturated rings. The summed E-state index contributed by atoms with van der Waals surface area (Å²) in [6.45, 7) is 10.2. The fourth-order valence-corrected chi connectivity index (χ4v) is 19.6. The van der Waals surface area contributed by atoms with E-state index in [0.717, 1.165) is 76.7 Å². The third-order valence-electron chi connectivity index (χ3n) is 20.1. The van der Waals surface area contributed by atoms with Crippen molar-refractivity contribution in [2.75, 3.05) is 14.2 Å². The smallest absolute Gasteiger partial charge is 0.178 e. The second-order valence-electron chi connectivity index (χ2n) is 25.9. The lowest BCUT2D eigenvalue weighted by Crippen LogP contribution is -2.52. The number of hydrogen-bond acceptors (Lipinski definition) is 3. The number of fused-ring (bicyclic) bond motifs is 10. The van der Waals surface area contributed by atoms with E-state index in [2.05, 4.69) is 125 Å². The van der Waals surface area contributed by atoms with Gasteiger partial charge in [0, 0.05) is 27.5 Å². The van der Waals surface area contributed by atoms with Gasteiger partial charge in [0.1, 0.15) is 17.2 Å². The minimum atomic E-state index is -0.865. The number of hydrogen-bond donors (Lipinski definition) is 0. The second-order valence-corrected chi connectivity index (χ2v) is 25.9. The molecule has 0 N–H and O–H groups in total. The molecule has 10 aliphatic carbocycles. The zero-order chi connectivity index (χ0) is 44.6. The summed E-state index contributed by atoms with van der Waals surface area (Å²) in [6.07, 6.45) is 25.6. The van der Waals surface area contributed by atoms with Crippen molar-refractivity contribution in [3.05, 3.63) is 130 Å². The molecule has 16 rings (SSSR count). The Hall–Kier alpha value is -4.50. The van der Waals surface area contributed by atoms with Crippen molar-refractivity contribution in [3.63, 3.8) is 0 Å². The lowest BCUT2D eigenvalue weighted by atomic mass is 9.44. The summed E-state index contributed by atoms with van der Waals surface area (Å²) in [5.41, 5.74) is 13.0. The van der Waals surface area contributed by atoms with Gasteiger partial charge in [-0.25, -0.2) is 0 Å². The standard InChI is InChI=1S/C63H70O3/c1-58(2)35-59(3,4)37-62(36-58)52-10-8-7-9-48(52)55-50-27-53(60-29-38-21-39(30-60)23-40(22-38)31-60)54(61-32-41-24-42(33-61)26-43(25-41)34-61)28-51(50)57-49(56(55)62)19-20-63(66-57,44-11-15-46(64-5)16-12-44)45-13-17-47(65-6)18-14-45/h7-20,27-28,38-43H,21-26,29-37H2,1-6H3. The van der Waals surface area contributed by atoms with E-state index in [1.54, 1.807) is 36.5 Å². The Morgan fingerprint density at radius 1 is 0.515 bits per heavy atom. The summed E-state index contributed by atoms with van der Waals surface area (Å²) in [6, 6.07) is 32.8. The molecule has 5 aromatic carbocycles. The van der Waals surface area contributed by atoms with Crippen LogP contribution in [0.3, 0.4) is 0 Å². The average Bonchev–Trinajstić information content (AvgIpc) is 3.54. The fourth-order valence-electron chi connectivity index (χ4n) is 19.6. The van der Waals surface area contributed by atoms with Crippen molar-refractivity contribution in [2.24, 2.45) is 46.3 Å². The highest BCUT2D eigenvalue weighted by molar-refractivity contribution is 6.09. The highest BCUT2D eigenvalue weighted by atomic mass is 16.5. The van der Waals surface area contributed by atoms with Gasteiger partial charge < -0.3 is 14.2 Å². The zero-order valence-corrected chi connectivity index (χ0v) is 40.5. The number of rotatable bonds is 6. The molecule has 0 saturated heterocycles. The molecule has 8 bridgehead atoms. The normalized spacial score (nSPS) is 33.7. The minimum absolute atomic E-state index is 0.136. The highest BCUT2D eigenvalue weighted by Crippen LogP contribution is 2.70. The Morgan fingerprint density at radius 2 is 0.970 bits per heavy atom. The van der Waals surface area contributed by atoms with Gasteiger partial charge in [0.15, 0.2) is 5.60 Å². The van der Waals surface area contributed by atoms with Crippen LogP contribution in [-0.2, 0) is 21.8 Å². The van der Waals surface area contributed by atoms with Crippen LogP contribution in [0.5, 0.6) is 17.2 Å². The molecule has 0 atom stereocenters. The quantitative estimate of drug-likeness (QED) is 0.170. The van der Waals surface area contributed by atoms with Gasteiger partial charge in [-0.05, 0) is 235 Å². The first-order chi connectivity index (χ1) is 31.8. The van der Waals surface area contributed by atoms with Gasteiger partial charge >= 0.3 is 0 Å². The Kier molecular flexibility index (Phi) is 8.36. The molecule has 0 amide bonds. The molecule has 5 aromatic rings. The molecule has 1 aliphatic heterocycles. The monoisotopic (exact) mass is 875 g/mol. The third-order valence-corrected chi connectivity index (χ3v) is 20.1. The van der Waals surface area contributed by atoms with Crippen LogP contribution < -0.4 is 14.2 Å². The maximum absolute atomic E-state index is 8.21. The molecular formula is C63H70O3. The zero-order valence-electron chi connectivity index (χ0n) is 40.5. The molecule has 0 aromatic heterocycles. The molecule has 66 heavy (non-hydrogen) atoms. The van der Waals surface area contributed by atoms with Crippen LogP contribution in [-0.4, -0.2) is 14.2 Å². The van der Waals surface area contributed by atoms with Gasteiger partial charge in [-0.3, -0.25) is 0 Å². The van der Waals surface area contributed by atoms with Gasteiger partial charge in [-0.2, -0.15) is 0 Å². The largest absolute Gasteiger partial charge is 0.497 e. The number of benzene rings is 5. The van der Waals surface area contributed by atoms with Gasteiger partial charge in [-0.1, -0.05) is 82.3 Å². The predicted molar refractivity (Wildman–Crippen MR) is 268 cm³/mol. The summed E-state index contributed by atoms with van der Waals surface area (Å²) >= 11 is 0. The molecule has 3 nitrogen and oxygen atoms in total. The van der Waals surface area contributed by atoms with Crippen LogP contribution in [0.25, 0.3) is 28.0 Å². The predicted octanol–water partition coefficient (Wildman–Crippen LogP) is 15.6. The molecule has 3 heteroatoms. The highest BCUT2D eigenvalue weighted by Gasteiger charge is 2.59. The first-order valence-corrected chi connectivity index (χ1v) is 26.3. The van der Waals surface area contributed by atoms with E-state index in [1.807, 2.05) is 0 Å². The van der Waals surface area contributed by atoms with E-state index < -0.39 is 5.60 Å². The van der Waals surface area contributed by atoms with Crippen molar-refractivity contribution in [2.45, 2.75) is 146 Å². The summed E-state index contributed by atoms with van der Waals surface area (Å²) < 4.78 is 19.7. The van der Waals surface area contributed by atoms with Crippen molar-refractivity contribution < 1.29 is 14.2 Å². The lowest BCUT2D eigenvalue weighted by molar-refractivity contribution is -0.0173. The van der Waals surface area contributed by atoms with E-state index in [-0.39, 0.29) is 27.1 Å². The first-order valence-electron chi connectivity index (χ1n) is 26.3. The van der Waals surface area contributed by atoms with Crippen LogP contribution in [0, 0.1) is 46.3 Å². The van der Waals surface area contributed by atoms with Crippen LogP contribution >= 0.6 is 0 Å². The van der Waals surface area contributed by atoms with E-state index >= 15 is 0 Å². The van der Waals surface area contributed by atoms with Crippen molar-refractivity contribution in [3.8, 4) is 28.4 Å². The average molecular weight is 875 g/mol. The van der Waals surface area contributed by atoms with E-state index in [9.17, 15) is 0 Å². The van der Waals surface area contributed by atoms with Crippen LogP contribution in [0.2, 0.25) is 0 Å². The fraction of sp³-hybridized carbons (Fsp3) is 0.524. The Bertz CT molecular complexity index is 2720. The van der Waals surface area contributed by atoms with E-state index in [1.165, 1.54) is 111 Å². The van der Waals surface area contributed by atoms with Crippen LogP contribution in [0.15, 0.2) is 91.0 Å². The van der Waals surface area contributed by atoms with Crippen molar-refractivity contribution in [1.82, 2.24) is 0 Å². The van der Waals surface area contributed by atoms with Gasteiger partial charge in [0.05, 0.1) is 14.2 Å². The third kappa shape index (κ3) is 5.67. The summed E-state index contributed by atoms with van der Waals surface area (Å²) in [5.74, 6) is 8.12. The number of methoxy groups -OCH3 is 2. The maximum Gasteiger partial charge on any atom is 0.178 e. The van der Waals surface area contributed by atoms with Gasteiger partial charge in [0.25, 0.3) is 0 Å². The molecule has 340 valence electrons. The Morgan fingerprint density at radius 3 is 1.44 bits per heavy atom. The summed E-state index contributed by atoms with van der Waals surface area (Å²) in [5, 5.41) is 2.81. The molecule has 0 radical (unpaired) electrons. The van der Waals surface area contributed by atoms with Gasteiger partial charge in [-0.15, -0.1) is 0 Å². The first kappa shape index (κ1) is 40.6. The lowest BCUT2D eigenvalue weighted by Gasteiger charge is -2.61. The molecule has 9 saturated carbocycles. The van der Waals surface area contributed by atoms with Crippen molar-refractivity contribution in [1.29, 1.82) is 0 Å². The topological polar surface area (TPSA) is 27.7 Å². The Labute approximate surface area is 394 Å². The molecule has 1 spiro atoms. The molecular weight excluding hydrogens is 805 g/mol. The van der Waals surface area contributed by atoms with E-state index in [0.29, 0.717) is 0 Å². The van der Waals surface area contributed by atoms with Crippen LogP contribution in [0.1, 0.15) is 163 Å². The number of ether oxygens (including phenoxy) is 3. The van der Waals surface area contributed by atoms with Crippen molar-refractivity contribution >= 4 is 16.8 Å². The van der Waals surface area contributed by atoms with Gasteiger partial charge in [0.2, 0.25) is 0 Å². The summed E-state index contributed by atoms with van der Waals surface area (Å²) in [7, 11) is 3.52. The molecule has 1 heterocycles. The SMILES string of the molecule is COc1ccc(C2(c3ccc(OC)cc3)C=Cc3c4c(c5cc(C67CC8CC(CC(C8)C6)C7)c(C67CC8CC(CC(C8)C6)C7)cc5c3O2)-c2ccccc2C42CC(C)(C)CC(C)(C)C2)cc1. The van der Waals surface area contributed by atoms with Crippen LogP contribution in [0.4, 0.5) is 0 Å². The summed E-state index contributed by atoms with van der Waals surface area (Å²) in [4.78, 5) is 0. The second kappa shape index (κ2) is 13.6. The molecule has 0 unspecified atom stereocenters. The van der Waals surface area contributed by atoms with E-state index in [4.69, 9.17) is 14.2 Å². The Balaban J connectivity index is 1.10.